The summed E-state index contributed by atoms with van der Waals surface area (Å²) in [4.78, 5) is 57.8. The Balaban J connectivity index is 1.51. The van der Waals surface area contributed by atoms with Crippen LogP contribution in [0.1, 0.15) is 23.2 Å². The zero-order valence-electron chi connectivity index (χ0n) is 22.6. The fraction of sp³-hybridized carbons (Fsp3) is 0.480. The van der Waals surface area contributed by atoms with Gasteiger partial charge in [0.2, 0.25) is 27.4 Å². The smallest absolute Gasteiger partial charge is 0.414 e. The number of halogens is 3. The molecule has 0 aromatic heterocycles. The molecule has 4 aliphatic rings. The van der Waals surface area contributed by atoms with Crippen molar-refractivity contribution in [1.29, 1.82) is 0 Å². The van der Waals surface area contributed by atoms with E-state index in [1.54, 1.807) is 12.1 Å². The lowest BCUT2D eigenvalue weighted by molar-refractivity contribution is -0.231. The molecule has 232 valence electrons. The van der Waals surface area contributed by atoms with Crippen molar-refractivity contribution in [1.82, 2.24) is 31.1 Å². The average Bonchev–Trinajstić information content (AvgIpc) is 3.54. The van der Waals surface area contributed by atoms with Gasteiger partial charge in [-0.05, 0) is 18.2 Å². The van der Waals surface area contributed by atoms with E-state index in [-0.39, 0.29) is 43.3 Å². The molecular weight excluding hydrogens is 633 g/mol. The minimum absolute atomic E-state index is 0.0202. The highest BCUT2D eigenvalue weighted by Gasteiger charge is 2.74. The van der Waals surface area contributed by atoms with Crippen LogP contribution in [0.15, 0.2) is 41.7 Å². The van der Waals surface area contributed by atoms with E-state index in [1.165, 1.54) is 24.1 Å². The minimum atomic E-state index is -2.76. The number of carbonyl (C=O) groups excluding carboxylic acids is 4. The van der Waals surface area contributed by atoms with Crippen LogP contribution in [-0.2, 0) is 14.3 Å². The number of benzene rings is 1. The van der Waals surface area contributed by atoms with Crippen LogP contribution in [0.4, 0.5) is 4.79 Å². The van der Waals surface area contributed by atoms with Gasteiger partial charge in [-0.2, -0.15) is 0 Å². The molecule has 4 amide bonds. The van der Waals surface area contributed by atoms with E-state index in [9.17, 15) is 29.4 Å². The Kier molecular flexibility index (Phi) is 8.07. The number of ether oxygens (including phenoxy) is 2. The van der Waals surface area contributed by atoms with E-state index in [0.29, 0.717) is 5.75 Å². The monoisotopic (exact) mass is 659 g/mol. The maximum absolute atomic E-state index is 13.2. The number of aliphatic hydroxyl groups is 2. The van der Waals surface area contributed by atoms with E-state index in [0.717, 1.165) is 4.90 Å². The van der Waals surface area contributed by atoms with E-state index >= 15 is 0 Å². The number of likely N-dealkylation sites (tertiary alicyclic amines) is 1. The number of hydrogen-bond donors (Lipinski definition) is 6. The molecule has 3 fully saturated rings. The summed E-state index contributed by atoms with van der Waals surface area (Å²) in [6.07, 6.45) is -1.06. The lowest BCUT2D eigenvalue weighted by Crippen LogP contribution is -2.78. The van der Waals surface area contributed by atoms with Crippen LogP contribution in [0.3, 0.4) is 0 Å². The van der Waals surface area contributed by atoms with Gasteiger partial charge in [0, 0.05) is 24.9 Å². The second-order valence-corrected chi connectivity index (χ2v) is 12.8. The van der Waals surface area contributed by atoms with E-state index in [2.05, 4.69) is 32.8 Å². The van der Waals surface area contributed by atoms with E-state index < -0.39 is 63.8 Å². The van der Waals surface area contributed by atoms with Crippen molar-refractivity contribution in [2.24, 2.45) is 4.99 Å². The predicted octanol–water partition coefficient (Wildman–Crippen LogP) is -0.497. The molecule has 4 atom stereocenters. The number of amides is 4. The molecule has 1 aromatic rings. The van der Waals surface area contributed by atoms with Gasteiger partial charge in [0.25, 0.3) is 5.91 Å². The molecule has 3 unspecified atom stereocenters. The fourth-order valence-corrected chi connectivity index (χ4v) is 5.89. The Morgan fingerprint density at radius 2 is 1.93 bits per heavy atom. The molecule has 1 aromatic carbocycles. The van der Waals surface area contributed by atoms with Crippen molar-refractivity contribution >= 4 is 64.6 Å². The number of nitrogens with one attached hydrogen (secondary N) is 4. The summed E-state index contributed by atoms with van der Waals surface area (Å²) >= 11 is 17.1. The van der Waals surface area contributed by atoms with Crippen molar-refractivity contribution in [3.05, 3.63) is 42.2 Å². The van der Waals surface area contributed by atoms with Gasteiger partial charge < -0.3 is 40.5 Å². The molecule has 15 nitrogen and oxygen atoms in total. The maximum Gasteiger partial charge on any atom is 0.414 e. The van der Waals surface area contributed by atoms with Gasteiger partial charge in [0.1, 0.15) is 18.4 Å². The normalized spacial score (nSPS) is 27.5. The van der Waals surface area contributed by atoms with Gasteiger partial charge in [-0.1, -0.05) is 47.4 Å². The molecule has 0 radical (unpaired) electrons. The van der Waals surface area contributed by atoms with Crippen molar-refractivity contribution in [3.8, 4) is 5.75 Å². The first-order valence-corrected chi connectivity index (χ1v) is 14.1. The zero-order valence-corrected chi connectivity index (χ0v) is 24.9. The Morgan fingerprint density at radius 3 is 2.58 bits per heavy atom. The van der Waals surface area contributed by atoms with Crippen molar-refractivity contribution in [2.45, 2.75) is 46.2 Å². The summed E-state index contributed by atoms with van der Waals surface area (Å²) in [6, 6.07) is 2.78. The quantitative estimate of drug-likeness (QED) is 0.131. The first-order chi connectivity index (χ1) is 20.2. The molecule has 6 N–H and O–H groups in total. The summed E-state index contributed by atoms with van der Waals surface area (Å²) in [6.45, 7) is 2.69. The Bertz CT molecular complexity index is 1390. The highest BCUT2D eigenvalue weighted by Crippen LogP contribution is 2.45. The van der Waals surface area contributed by atoms with Crippen LogP contribution >= 0.6 is 34.8 Å². The van der Waals surface area contributed by atoms with Crippen molar-refractivity contribution in [3.63, 3.8) is 0 Å². The minimum Gasteiger partial charge on any atom is -0.497 e. The maximum atomic E-state index is 13.2. The third kappa shape index (κ3) is 5.62. The van der Waals surface area contributed by atoms with Crippen molar-refractivity contribution < 1.29 is 38.9 Å². The number of guanidine groups is 1. The lowest BCUT2D eigenvalue weighted by atomic mass is 9.85. The fourth-order valence-electron chi connectivity index (χ4n) is 5.73. The number of alkyl halides is 3. The van der Waals surface area contributed by atoms with Crippen LogP contribution in [0.25, 0.3) is 0 Å². The Labute approximate surface area is 260 Å². The number of imide groups is 1. The number of nitrogens with zero attached hydrogens (tertiary/aromatic N) is 3. The highest BCUT2D eigenvalue weighted by atomic mass is 35.6. The van der Waals surface area contributed by atoms with E-state index in [4.69, 9.17) is 44.3 Å². The number of methoxy groups -OCH3 is 1. The van der Waals surface area contributed by atoms with Crippen LogP contribution in [-0.4, -0.2) is 110 Å². The SMILES string of the molecule is C=C1NC2[C@H](CN3C(=O)CCC3=O)N=C(NC(=O)OCC(Cl)(Cl)Cl)N3CC(NC(=O)c4cccc(OC)c4)C(O)(O)C23N1. The molecule has 0 saturated carbocycles. The third-order valence-corrected chi connectivity index (χ3v) is 7.96. The number of hydrogen-bond acceptors (Lipinski definition) is 12. The van der Waals surface area contributed by atoms with Crippen LogP contribution < -0.4 is 26.0 Å². The second-order valence-electron chi connectivity index (χ2n) is 10.3. The van der Waals surface area contributed by atoms with Gasteiger partial charge in [-0.3, -0.25) is 24.6 Å². The topological polar surface area (TPSA) is 194 Å². The van der Waals surface area contributed by atoms with E-state index in [1.807, 2.05) is 0 Å². The second kappa shape index (κ2) is 11.2. The number of rotatable bonds is 6. The van der Waals surface area contributed by atoms with Crippen LogP contribution in [0.5, 0.6) is 5.75 Å². The molecule has 1 spiro atoms. The molecule has 0 bridgehead atoms. The third-order valence-electron chi connectivity index (χ3n) is 7.63. The highest BCUT2D eigenvalue weighted by molar-refractivity contribution is 6.67. The molecule has 18 heteroatoms. The molecule has 4 heterocycles. The van der Waals surface area contributed by atoms with Gasteiger partial charge in [-0.25, -0.2) is 9.79 Å². The number of carbonyl (C=O) groups is 4. The summed E-state index contributed by atoms with van der Waals surface area (Å²) in [7, 11) is 1.44. The van der Waals surface area contributed by atoms with Crippen molar-refractivity contribution in [2.75, 3.05) is 26.8 Å². The number of alkyl carbamates (subject to hydrolysis) is 1. The van der Waals surface area contributed by atoms with Gasteiger partial charge in [-0.15, -0.1) is 0 Å². The Morgan fingerprint density at radius 1 is 1.23 bits per heavy atom. The molecule has 4 aliphatic heterocycles. The number of aliphatic imine (C=N–C) groups is 1. The van der Waals surface area contributed by atoms with Crippen LogP contribution in [0.2, 0.25) is 0 Å². The molecule has 5 rings (SSSR count). The summed E-state index contributed by atoms with van der Waals surface area (Å²) in [5.74, 6) is -3.93. The predicted molar refractivity (Wildman–Crippen MR) is 152 cm³/mol. The van der Waals surface area contributed by atoms with Gasteiger partial charge in [0.15, 0.2) is 5.66 Å². The van der Waals surface area contributed by atoms with Gasteiger partial charge >= 0.3 is 6.09 Å². The first kappa shape index (κ1) is 30.9. The summed E-state index contributed by atoms with van der Waals surface area (Å²) < 4.78 is 8.24. The molecule has 3 saturated heterocycles. The lowest BCUT2D eigenvalue weighted by Gasteiger charge is -2.49. The molecule has 43 heavy (non-hydrogen) atoms. The largest absolute Gasteiger partial charge is 0.497 e. The Hall–Kier alpha value is -3.50. The first-order valence-electron chi connectivity index (χ1n) is 13.0. The van der Waals surface area contributed by atoms with Gasteiger partial charge in [0.05, 0.1) is 31.6 Å². The standard InChI is InChI=1S/C25H28Cl3N7O8/c1-12-29-19-15(9-34-17(36)6-7-18(34)37)30-21(32-22(39)43-11-23(26,27)28)35-10-16(25(40,41)24(19,35)33-12)31-20(38)13-4-3-5-14(8-13)42-2/h3-5,8,15-16,19,29,33,40-41H,1,6-7,9-11H2,2H3,(H,31,38)(H,30,32,39)/t15-,16?,19?,24?/m0/s1. The zero-order chi connectivity index (χ0) is 31.3. The molecular formula is C25H28Cl3N7O8. The summed E-state index contributed by atoms with van der Waals surface area (Å²) in [5, 5.41) is 34.6. The summed E-state index contributed by atoms with van der Waals surface area (Å²) in [5.41, 5.74) is -1.74. The average molecular weight is 661 g/mol. The molecule has 0 aliphatic carbocycles. The van der Waals surface area contributed by atoms with Crippen LogP contribution in [0, 0.1) is 0 Å².